The second kappa shape index (κ2) is 5.09. The lowest BCUT2D eigenvalue weighted by atomic mass is 10.1. The molecule has 0 aliphatic carbocycles. The van der Waals surface area contributed by atoms with Gasteiger partial charge in [0.25, 0.3) is 0 Å². The number of aliphatic carboxylic acids is 1. The number of aryl methyl sites for hydroxylation is 1. The number of amides is 1. The summed E-state index contributed by atoms with van der Waals surface area (Å²) in [5, 5.41) is 11.1. The van der Waals surface area contributed by atoms with Crippen molar-refractivity contribution >= 4 is 12.4 Å². The SMILES string of the molecule is Cc1ccc([C@H](CC(=O)O)NC=O)nc1. The zero-order valence-corrected chi connectivity index (χ0v) is 8.30. The molecule has 15 heavy (non-hydrogen) atoms. The molecule has 5 nitrogen and oxygen atoms in total. The van der Waals surface area contributed by atoms with Gasteiger partial charge in [-0.2, -0.15) is 0 Å². The molecule has 5 heteroatoms. The summed E-state index contributed by atoms with van der Waals surface area (Å²) >= 11 is 0. The summed E-state index contributed by atoms with van der Waals surface area (Å²) in [7, 11) is 0. The largest absolute Gasteiger partial charge is 0.481 e. The predicted molar refractivity (Wildman–Crippen MR) is 53.2 cm³/mol. The van der Waals surface area contributed by atoms with E-state index in [4.69, 9.17) is 5.11 Å². The van der Waals surface area contributed by atoms with E-state index < -0.39 is 12.0 Å². The van der Waals surface area contributed by atoms with Crippen LogP contribution in [0.5, 0.6) is 0 Å². The first-order valence-electron chi connectivity index (χ1n) is 4.47. The molecule has 0 radical (unpaired) electrons. The van der Waals surface area contributed by atoms with Crippen molar-refractivity contribution in [3.63, 3.8) is 0 Å². The van der Waals surface area contributed by atoms with Crippen molar-refractivity contribution in [1.29, 1.82) is 0 Å². The molecule has 0 unspecified atom stereocenters. The van der Waals surface area contributed by atoms with Crippen molar-refractivity contribution in [3.8, 4) is 0 Å². The first-order valence-corrected chi connectivity index (χ1v) is 4.47. The minimum absolute atomic E-state index is 0.172. The number of carbonyl (C=O) groups excluding carboxylic acids is 1. The zero-order valence-electron chi connectivity index (χ0n) is 8.30. The zero-order chi connectivity index (χ0) is 11.3. The second-order valence-electron chi connectivity index (χ2n) is 3.20. The number of carboxylic acid groups (broad SMARTS) is 1. The standard InChI is InChI=1S/C10H12N2O3/c1-7-2-3-8(11-5-7)9(12-6-13)4-10(14)15/h2-3,5-6,9H,4H2,1H3,(H,12,13)(H,14,15)/t9-/m0/s1. The van der Waals surface area contributed by atoms with Gasteiger partial charge in [-0.15, -0.1) is 0 Å². The predicted octanol–water partition coefficient (Wildman–Crippen LogP) is 0.652. The Morgan fingerprint density at radius 3 is 2.87 bits per heavy atom. The molecule has 1 aromatic heterocycles. The molecule has 1 atom stereocenters. The van der Waals surface area contributed by atoms with E-state index in [-0.39, 0.29) is 6.42 Å². The van der Waals surface area contributed by atoms with E-state index in [1.807, 2.05) is 13.0 Å². The van der Waals surface area contributed by atoms with Crippen molar-refractivity contribution in [1.82, 2.24) is 10.3 Å². The van der Waals surface area contributed by atoms with Gasteiger partial charge >= 0.3 is 5.97 Å². The Morgan fingerprint density at radius 1 is 1.67 bits per heavy atom. The fraction of sp³-hybridized carbons (Fsp3) is 0.300. The average molecular weight is 208 g/mol. The van der Waals surface area contributed by atoms with Gasteiger partial charge in [0.15, 0.2) is 0 Å². The number of nitrogens with one attached hydrogen (secondary N) is 1. The smallest absolute Gasteiger partial charge is 0.305 e. The number of carboxylic acids is 1. The van der Waals surface area contributed by atoms with Crippen LogP contribution in [0.15, 0.2) is 18.3 Å². The minimum Gasteiger partial charge on any atom is -0.481 e. The van der Waals surface area contributed by atoms with Gasteiger partial charge in [0.2, 0.25) is 6.41 Å². The molecule has 0 bridgehead atoms. The highest BCUT2D eigenvalue weighted by Gasteiger charge is 2.15. The molecular formula is C10H12N2O3. The number of rotatable bonds is 5. The number of aromatic nitrogens is 1. The number of hydrogen-bond donors (Lipinski definition) is 2. The molecule has 1 amide bonds. The topological polar surface area (TPSA) is 79.3 Å². The Balaban J connectivity index is 2.83. The summed E-state index contributed by atoms with van der Waals surface area (Å²) in [5.74, 6) is -0.975. The van der Waals surface area contributed by atoms with Crippen LogP contribution in [0, 0.1) is 6.92 Å². The van der Waals surface area contributed by atoms with Crippen LogP contribution in [0.3, 0.4) is 0 Å². The van der Waals surface area contributed by atoms with E-state index in [0.29, 0.717) is 12.1 Å². The van der Waals surface area contributed by atoms with Gasteiger partial charge in [-0.25, -0.2) is 0 Å². The summed E-state index contributed by atoms with van der Waals surface area (Å²) < 4.78 is 0. The summed E-state index contributed by atoms with van der Waals surface area (Å²) in [6.07, 6.45) is 1.95. The van der Waals surface area contributed by atoms with Crippen LogP contribution in [0.2, 0.25) is 0 Å². The summed E-state index contributed by atoms with van der Waals surface area (Å²) in [4.78, 5) is 24.9. The van der Waals surface area contributed by atoms with Crippen LogP contribution in [0.4, 0.5) is 0 Å². The Bertz CT molecular complexity index is 348. The Kier molecular flexibility index (Phi) is 3.79. The van der Waals surface area contributed by atoms with E-state index >= 15 is 0 Å². The fourth-order valence-corrected chi connectivity index (χ4v) is 1.19. The van der Waals surface area contributed by atoms with Gasteiger partial charge in [0, 0.05) is 6.20 Å². The number of pyridine rings is 1. The van der Waals surface area contributed by atoms with Crippen molar-refractivity contribution in [2.24, 2.45) is 0 Å². The molecule has 0 spiro atoms. The quantitative estimate of drug-likeness (QED) is 0.696. The Hall–Kier alpha value is -1.91. The molecule has 80 valence electrons. The van der Waals surface area contributed by atoms with Crippen LogP contribution >= 0.6 is 0 Å². The van der Waals surface area contributed by atoms with Crippen LogP contribution < -0.4 is 5.32 Å². The minimum atomic E-state index is -0.975. The highest BCUT2D eigenvalue weighted by Crippen LogP contribution is 2.13. The molecule has 0 fully saturated rings. The van der Waals surface area contributed by atoms with Gasteiger partial charge in [-0.3, -0.25) is 14.6 Å². The third kappa shape index (κ3) is 3.38. The maximum Gasteiger partial charge on any atom is 0.305 e. The number of hydrogen-bond acceptors (Lipinski definition) is 3. The molecule has 1 rings (SSSR count). The van der Waals surface area contributed by atoms with Gasteiger partial charge in [-0.1, -0.05) is 6.07 Å². The van der Waals surface area contributed by atoms with Crippen molar-refractivity contribution < 1.29 is 14.7 Å². The highest BCUT2D eigenvalue weighted by atomic mass is 16.4. The molecule has 0 aliphatic heterocycles. The number of nitrogens with zero attached hydrogens (tertiary/aromatic N) is 1. The van der Waals surface area contributed by atoms with Crippen molar-refractivity contribution in [2.45, 2.75) is 19.4 Å². The maximum absolute atomic E-state index is 10.5. The molecule has 0 aromatic carbocycles. The van der Waals surface area contributed by atoms with Gasteiger partial charge in [0.05, 0.1) is 18.2 Å². The van der Waals surface area contributed by atoms with Crippen molar-refractivity contribution in [3.05, 3.63) is 29.6 Å². The summed E-state index contributed by atoms with van der Waals surface area (Å²) in [5.41, 5.74) is 1.54. The van der Waals surface area contributed by atoms with Crippen molar-refractivity contribution in [2.75, 3.05) is 0 Å². The normalized spacial score (nSPS) is 11.8. The molecule has 0 saturated carbocycles. The Morgan fingerprint density at radius 2 is 2.40 bits per heavy atom. The molecule has 0 saturated heterocycles. The monoisotopic (exact) mass is 208 g/mol. The maximum atomic E-state index is 10.5. The van der Waals surface area contributed by atoms with Gasteiger partial charge in [0.1, 0.15) is 0 Å². The lowest BCUT2D eigenvalue weighted by Crippen LogP contribution is -2.23. The van der Waals surface area contributed by atoms with Crippen LogP contribution in [-0.2, 0) is 9.59 Å². The van der Waals surface area contributed by atoms with E-state index in [0.717, 1.165) is 5.56 Å². The molecule has 1 aromatic rings. The van der Waals surface area contributed by atoms with Crippen LogP contribution in [0.1, 0.15) is 23.7 Å². The van der Waals surface area contributed by atoms with Crippen LogP contribution in [0.25, 0.3) is 0 Å². The van der Waals surface area contributed by atoms with E-state index in [1.165, 1.54) is 0 Å². The lowest BCUT2D eigenvalue weighted by molar-refractivity contribution is -0.137. The second-order valence-corrected chi connectivity index (χ2v) is 3.20. The van der Waals surface area contributed by atoms with E-state index in [1.54, 1.807) is 12.3 Å². The Labute approximate surface area is 87.1 Å². The third-order valence-corrected chi connectivity index (χ3v) is 1.94. The fourth-order valence-electron chi connectivity index (χ4n) is 1.19. The summed E-state index contributed by atoms with van der Waals surface area (Å²) in [6.45, 7) is 1.89. The molecule has 2 N–H and O–H groups in total. The first-order chi connectivity index (χ1) is 7.13. The molecule has 1 heterocycles. The summed E-state index contributed by atoms with van der Waals surface area (Å²) in [6, 6.07) is 2.96. The molecule has 0 aliphatic rings. The van der Waals surface area contributed by atoms with Gasteiger partial charge in [-0.05, 0) is 18.6 Å². The lowest BCUT2D eigenvalue weighted by Gasteiger charge is -2.12. The van der Waals surface area contributed by atoms with Crippen LogP contribution in [-0.4, -0.2) is 22.5 Å². The highest BCUT2D eigenvalue weighted by molar-refractivity contribution is 5.68. The average Bonchev–Trinajstić information content (AvgIpc) is 2.17. The number of carbonyl (C=O) groups is 2. The third-order valence-electron chi connectivity index (χ3n) is 1.94. The van der Waals surface area contributed by atoms with E-state index in [9.17, 15) is 9.59 Å². The van der Waals surface area contributed by atoms with E-state index in [2.05, 4.69) is 10.3 Å². The van der Waals surface area contributed by atoms with Gasteiger partial charge < -0.3 is 10.4 Å². The molecular weight excluding hydrogens is 196 g/mol. The first kappa shape index (κ1) is 11.2.